The number of carbonyl (C=O) groups excluding carboxylic acids is 1. The van der Waals surface area contributed by atoms with Crippen LogP contribution >= 0.6 is 23.2 Å². The van der Waals surface area contributed by atoms with E-state index in [1.807, 2.05) is 0 Å². The number of hydrogen-bond acceptors (Lipinski definition) is 4. The molecule has 2 rings (SSSR count). The Bertz CT molecular complexity index is 704. The maximum Gasteiger partial charge on any atom is 0.289 e. The lowest BCUT2D eigenvalue weighted by molar-refractivity contribution is -0.384. The van der Waals surface area contributed by atoms with Gasteiger partial charge in [0.2, 0.25) is 0 Å². The smallest absolute Gasteiger partial charge is 0.289 e. The first-order chi connectivity index (χ1) is 10.5. The molecule has 0 spiro atoms. The number of carbonyl (C=O) groups is 1. The van der Waals surface area contributed by atoms with Crippen LogP contribution in [0, 0.1) is 10.1 Å². The molecule has 0 radical (unpaired) electrons. The largest absolute Gasteiger partial charge is 0.484 e. The van der Waals surface area contributed by atoms with Gasteiger partial charge in [0.15, 0.2) is 6.61 Å². The highest BCUT2D eigenvalue weighted by molar-refractivity contribution is 6.32. The Labute approximate surface area is 135 Å². The molecule has 0 aliphatic carbocycles. The fourth-order valence-electron chi connectivity index (χ4n) is 1.61. The van der Waals surface area contributed by atoms with Gasteiger partial charge in [0.05, 0.1) is 4.92 Å². The number of nitrogens with one attached hydrogen (secondary N) is 1. The number of ether oxygens (including phenoxy) is 1. The normalized spacial score (nSPS) is 10.1. The highest BCUT2D eigenvalue weighted by Gasteiger charge is 2.14. The van der Waals surface area contributed by atoms with Gasteiger partial charge in [0.25, 0.3) is 11.6 Å². The Balaban J connectivity index is 1.96. The highest BCUT2D eigenvalue weighted by atomic mass is 35.5. The van der Waals surface area contributed by atoms with Crippen LogP contribution in [0.3, 0.4) is 0 Å². The number of anilines is 1. The summed E-state index contributed by atoms with van der Waals surface area (Å²) in [4.78, 5) is 21.9. The molecule has 0 saturated carbocycles. The molecule has 0 atom stereocenters. The zero-order valence-corrected chi connectivity index (χ0v) is 12.6. The number of hydrogen-bond donors (Lipinski definition) is 1. The van der Waals surface area contributed by atoms with E-state index in [1.54, 1.807) is 24.3 Å². The molecular weight excluding hydrogens is 331 g/mol. The quantitative estimate of drug-likeness (QED) is 0.660. The van der Waals surface area contributed by atoms with Crippen LogP contribution in [-0.2, 0) is 4.79 Å². The van der Waals surface area contributed by atoms with Crippen molar-refractivity contribution >= 4 is 40.5 Å². The van der Waals surface area contributed by atoms with Crippen molar-refractivity contribution in [1.82, 2.24) is 0 Å². The molecule has 0 aromatic heterocycles. The first-order valence-electron chi connectivity index (χ1n) is 6.08. The van der Waals surface area contributed by atoms with E-state index in [0.717, 1.165) is 0 Å². The fraction of sp³-hybridized carbons (Fsp3) is 0.0714. The van der Waals surface area contributed by atoms with Crippen molar-refractivity contribution in [2.24, 2.45) is 0 Å². The van der Waals surface area contributed by atoms with Crippen molar-refractivity contribution in [2.45, 2.75) is 0 Å². The number of benzene rings is 2. The monoisotopic (exact) mass is 340 g/mol. The van der Waals surface area contributed by atoms with Crippen LogP contribution in [0.1, 0.15) is 0 Å². The second kappa shape index (κ2) is 7.11. The van der Waals surface area contributed by atoms with E-state index in [2.05, 4.69) is 5.32 Å². The molecule has 22 heavy (non-hydrogen) atoms. The molecule has 1 amide bonds. The van der Waals surface area contributed by atoms with Gasteiger partial charge in [-0.3, -0.25) is 14.9 Å². The van der Waals surface area contributed by atoms with Crippen LogP contribution in [0.5, 0.6) is 5.75 Å². The Morgan fingerprint density at radius 3 is 2.50 bits per heavy atom. The Morgan fingerprint density at radius 2 is 1.86 bits per heavy atom. The second-order valence-corrected chi connectivity index (χ2v) is 5.06. The van der Waals surface area contributed by atoms with Gasteiger partial charge in [-0.25, -0.2) is 0 Å². The molecule has 0 aliphatic heterocycles. The molecule has 1 N–H and O–H groups in total. The van der Waals surface area contributed by atoms with Gasteiger partial charge in [-0.1, -0.05) is 23.2 Å². The lowest BCUT2D eigenvalue weighted by Crippen LogP contribution is -2.20. The van der Waals surface area contributed by atoms with E-state index in [4.69, 9.17) is 27.9 Å². The van der Waals surface area contributed by atoms with Gasteiger partial charge in [-0.05, 0) is 36.4 Å². The van der Waals surface area contributed by atoms with Gasteiger partial charge in [0.1, 0.15) is 10.8 Å². The van der Waals surface area contributed by atoms with Crippen molar-refractivity contribution in [3.8, 4) is 5.75 Å². The van der Waals surface area contributed by atoms with E-state index in [-0.39, 0.29) is 23.0 Å². The topological polar surface area (TPSA) is 81.5 Å². The van der Waals surface area contributed by atoms with Gasteiger partial charge >= 0.3 is 0 Å². The van der Waals surface area contributed by atoms with Crippen LogP contribution < -0.4 is 10.1 Å². The van der Waals surface area contributed by atoms with Gasteiger partial charge in [-0.15, -0.1) is 0 Å². The summed E-state index contributed by atoms with van der Waals surface area (Å²) in [7, 11) is 0. The molecule has 2 aromatic carbocycles. The van der Waals surface area contributed by atoms with Crippen LogP contribution in [0.25, 0.3) is 0 Å². The number of nitro groups is 1. The number of nitrogens with zero attached hydrogens (tertiary/aromatic N) is 1. The summed E-state index contributed by atoms with van der Waals surface area (Å²) in [6, 6.07) is 10.5. The Morgan fingerprint density at radius 1 is 1.18 bits per heavy atom. The zero-order valence-electron chi connectivity index (χ0n) is 11.1. The number of halogens is 2. The van der Waals surface area contributed by atoms with Gasteiger partial charge in [-0.2, -0.15) is 0 Å². The van der Waals surface area contributed by atoms with E-state index in [0.29, 0.717) is 10.8 Å². The summed E-state index contributed by atoms with van der Waals surface area (Å²) < 4.78 is 5.27. The fourth-order valence-corrected chi connectivity index (χ4v) is 1.92. The third kappa shape index (κ3) is 4.34. The molecule has 2 aromatic rings. The number of rotatable bonds is 5. The van der Waals surface area contributed by atoms with Crippen molar-refractivity contribution in [3.63, 3.8) is 0 Å². The summed E-state index contributed by atoms with van der Waals surface area (Å²) >= 11 is 11.4. The van der Waals surface area contributed by atoms with Gasteiger partial charge in [0, 0.05) is 16.8 Å². The summed E-state index contributed by atoms with van der Waals surface area (Å²) in [5.41, 5.74) is -0.0149. The average molecular weight is 341 g/mol. The molecular formula is C14H10Cl2N2O4. The Kier molecular flexibility index (Phi) is 5.19. The van der Waals surface area contributed by atoms with Crippen LogP contribution in [-0.4, -0.2) is 17.4 Å². The minimum absolute atomic E-state index is 0.000383. The highest BCUT2D eigenvalue weighted by Crippen LogP contribution is 2.27. The molecule has 0 bridgehead atoms. The first kappa shape index (κ1) is 16.1. The van der Waals surface area contributed by atoms with Crippen molar-refractivity contribution in [1.29, 1.82) is 0 Å². The standard InChI is InChI=1S/C14H10Cl2N2O4/c15-9-1-4-11(5-2-9)22-8-14(19)17-10-3-6-12(16)13(7-10)18(20)21/h1-7H,8H2,(H,17,19). The third-order valence-electron chi connectivity index (χ3n) is 2.61. The van der Waals surface area contributed by atoms with Crippen LogP contribution in [0.15, 0.2) is 42.5 Å². The van der Waals surface area contributed by atoms with Crippen molar-refractivity contribution in [2.75, 3.05) is 11.9 Å². The number of nitro benzene ring substituents is 1. The first-order valence-corrected chi connectivity index (χ1v) is 6.83. The maximum absolute atomic E-state index is 11.8. The van der Waals surface area contributed by atoms with Crippen LogP contribution in [0.4, 0.5) is 11.4 Å². The van der Waals surface area contributed by atoms with Crippen molar-refractivity contribution < 1.29 is 14.5 Å². The lowest BCUT2D eigenvalue weighted by Gasteiger charge is -2.08. The molecule has 0 fully saturated rings. The SMILES string of the molecule is O=C(COc1ccc(Cl)cc1)Nc1ccc(Cl)c([N+](=O)[O-])c1. The number of amides is 1. The zero-order chi connectivity index (χ0) is 16.1. The lowest BCUT2D eigenvalue weighted by atomic mass is 10.3. The minimum Gasteiger partial charge on any atom is -0.484 e. The van der Waals surface area contributed by atoms with Crippen LogP contribution in [0.2, 0.25) is 10.0 Å². The molecule has 114 valence electrons. The molecule has 6 nitrogen and oxygen atoms in total. The molecule has 8 heteroatoms. The average Bonchev–Trinajstić information content (AvgIpc) is 2.48. The van der Waals surface area contributed by atoms with E-state index in [1.165, 1.54) is 18.2 Å². The second-order valence-electron chi connectivity index (χ2n) is 4.21. The summed E-state index contributed by atoms with van der Waals surface area (Å²) in [5, 5.41) is 13.8. The summed E-state index contributed by atoms with van der Waals surface area (Å²) in [5.74, 6) is 0.0354. The summed E-state index contributed by atoms with van der Waals surface area (Å²) in [6.07, 6.45) is 0. The predicted octanol–water partition coefficient (Wildman–Crippen LogP) is 3.92. The molecule has 0 aliphatic rings. The predicted molar refractivity (Wildman–Crippen MR) is 83.7 cm³/mol. The molecule has 0 heterocycles. The molecule has 0 saturated heterocycles. The van der Waals surface area contributed by atoms with E-state index in [9.17, 15) is 14.9 Å². The minimum atomic E-state index is -0.623. The van der Waals surface area contributed by atoms with E-state index < -0.39 is 10.8 Å². The maximum atomic E-state index is 11.8. The van der Waals surface area contributed by atoms with Gasteiger partial charge < -0.3 is 10.1 Å². The molecule has 0 unspecified atom stereocenters. The summed E-state index contributed by atoms with van der Waals surface area (Å²) in [6.45, 7) is -0.238. The van der Waals surface area contributed by atoms with Crippen molar-refractivity contribution in [3.05, 3.63) is 62.6 Å². The third-order valence-corrected chi connectivity index (χ3v) is 3.18. The van der Waals surface area contributed by atoms with E-state index >= 15 is 0 Å². The Hall–Kier alpha value is -2.31.